The van der Waals surface area contributed by atoms with E-state index < -0.39 is 0 Å². The highest BCUT2D eigenvalue weighted by Gasteiger charge is 2.26. The molecule has 0 aliphatic heterocycles. The minimum Gasteiger partial charge on any atom is -0.294 e. The van der Waals surface area contributed by atoms with Crippen LogP contribution in [0.1, 0.15) is 40.2 Å². The van der Waals surface area contributed by atoms with E-state index in [0.29, 0.717) is 18.5 Å². The van der Waals surface area contributed by atoms with Crippen LogP contribution in [0.3, 0.4) is 0 Å². The maximum absolute atomic E-state index is 11.9. The first kappa shape index (κ1) is 11.7. The lowest BCUT2D eigenvalue weighted by molar-refractivity contribution is 0.0971. The summed E-state index contributed by atoms with van der Waals surface area (Å²) >= 11 is 0. The zero-order valence-electron chi connectivity index (χ0n) is 10.5. The Bertz CT molecular complexity index is 665. The van der Waals surface area contributed by atoms with Gasteiger partial charge in [-0.25, -0.2) is 0 Å². The molecule has 0 unspecified atom stereocenters. The maximum Gasteiger partial charge on any atom is 0.173 e. The lowest BCUT2D eigenvalue weighted by atomic mass is 9.94. The summed E-state index contributed by atoms with van der Waals surface area (Å²) in [6.07, 6.45) is 2.19. The lowest BCUT2D eigenvalue weighted by Gasteiger charge is -2.13. The van der Waals surface area contributed by atoms with Crippen LogP contribution in [0, 0.1) is 11.3 Å². The van der Waals surface area contributed by atoms with Crippen LogP contribution in [0.2, 0.25) is 0 Å². The van der Waals surface area contributed by atoms with Crippen molar-refractivity contribution in [3.05, 3.63) is 52.8 Å². The molecule has 0 fully saturated rings. The number of Topliss-reactive ketones (excluding diaryl/α,β-unsaturated/α-hetero) is 1. The molecule has 19 heavy (non-hydrogen) atoms. The van der Waals surface area contributed by atoms with E-state index in [1.807, 2.05) is 36.4 Å². The van der Waals surface area contributed by atoms with Crippen LogP contribution in [0.5, 0.6) is 0 Å². The van der Waals surface area contributed by atoms with Crippen LogP contribution in [0.15, 0.2) is 30.3 Å². The minimum atomic E-state index is 0.0529. The number of hydrogen-bond acceptors (Lipinski definition) is 3. The number of rotatable bonds is 2. The predicted molar refractivity (Wildman–Crippen MR) is 69.8 cm³/mol. The number of carbonyl (C=O) groups excluding carboxylic acids is 1. The Morgan fingerprint density at radius 3 is 2.79 bits per heavy atom. The summed E-state index contributed by atoms with van der Waals surface area (Å²) in [6.45, 7) is 0.609. The van der Waals surface area contributed by atoms with Gasteiger partial charge in [0.1, 0.15) is 6.07 Å². The molecule has 0 atom stereocenters. The van der Waals surface area contributed by atoms with Gasteiger partial charge in [-0.3, -0.25) is 9.48 Å². The Kier molecular flexibility index (Phi) is 2.88. The molecule has 1 aliphatic carbocycles. The molecule has 0 saturated carbocycles. The van der Waals surface area contributed by atoms with Crippen molar-refractivity contribution in [3.63, 3.8) is 0 Å². The first-order valence-corrected chi connectivity index (χ1v) is 6.36. The third-order valence-electron chi connectivity index (χ3n) is 3.43. The van der Waals surface area contributed by atoms with Gasteiger partial charge < -0.3 is 0 Å². The van der Waals surface area contributed by atoms with Crippen LogP contribution in [-0.4, -0.2) is 15.6 Å². The first-order chi connectivity index (χ1) is 9.29. The highest BCUT2D eigenvalue weighted by atomic mass is 16.1. The van der Waals surface area contributed by atoms with Crippen molar-refractivity contribution in [3.8, 4) is 6.07 Å². The van der Waals surface area contributed by atoms with Gasteiger partial charge in [0.05, 0.1) is 17.8 Å². The van der Waals surface area contributed by atoms with Crippen LogP contribution in [0.4, 0.5) is 0 Å². The average molecular weight is 251 g/mol. The van der Waals surface area contributed by atoms with E-state index in [1.54, 1.807) is 4.68 Å². The Balaban J connectivity index is 2.04. The summed E-state index contributed by atoms with van der Waals surface area (Å²) in [7, 11) is 0. The predicted octanol–water partition coefficient (Wildman–Crippen LogP) is 2.32. The topological polar surface area (TPSA) is 58.7 Å². The van der Waals surface area contributed by atoms with Crippen molar-refractivity contribution < 1.29 is 4.79 Å². The zero-order chi connectivity index (χ0) is 13.2. The molecule has 1 heterocycles. The molecular formula is C15H13N3O. The molecule has 94 valence electrons. The standard InChI is InChI=1S/C15H13N3O/c16-9-12-15-13(7-4-8-14(15)19)18(17-12)10-11-5-2-1-3-6-11/h1-3,5-6H,4,7-8,10H2. The number of hydrogen-bond donors (Lipinski definition) is 0. The fourth-order valence-corrected chi connectivity index (χ4v) is 2.55. The van der Waals surface area contributed by atoms with Crippen LogP contribution in [0.25, 0.3) is 0 Å². The van der Waals surface area contributed by atoms with E-state index in [2.05, 4.69) is 5.10 Å². The summed E-state index contributed by atoms with van der Waals surface area (Å²) in [5.41, 5.74) is 2.85. The Morgan fingerprint density at radius 1 is 1.26 bits per heavy atom. The van der Waals surface area contributed by atoms with E-state index in [0.717, 1.165) is 24.1 Å². The number of ketones is 1. The van der Waals surface area contributed by atoms with Gasteiger partial charge in [0, 0.05) is 6.42 Å². The summed E-state index contributed by atoms with van der Waals surface area (Å²) in [5, 5.41) is 13.4. The number of nitrogens with zero attached hydrogens (tertiary/aromatic N) is 3. The third-order valence-corrected chi connectivity index (χ3v) is 3.43. The molecule has 0 N–H and O–H groups in total. The SMILES string of the molecule is N#Cc1nn(Cc2ccccc2)c2c1C(=O)CCC2. The number of fused-ring (bicyclic) bond motifs is 1. The fraction of sp³-hybridized carbons (Fsp3) is 0.267. The Morgan fingerprint density at radius 2 is 2.05 bits per heavy atom. The summed E-state index contributed by atoms with van der Waals surface area (Å²) in [4.78, 5) is 11.9. The van der Waals surface area contributed by atoms with Gasteiger partial charge in [0.25, 0.3) is 0 Å². The van der Waals surface area contributed by atoms with Crippen molar-refractivity contribution in [1.29, 1.82) is 5.26 Å². The molecule has 1 aliphatic rings. The van der Waals surface area contributed by atoms with Crippen molar-refractivity contribution in [2.45, 2.75) is 25.8 Å². The second kappa shape index (κ2) is 4.69. The largest absolute Gasteiger partial charge is 0.294 e. The highest BCUT2D eigenvalue weighted by Crippen LogP contribution is 2.24. The van der Waals surface area contributed by atoms with Crippen molar-refractivity contribution in [2.24, 2.45) is 0 Å². The van der Waals surface area contributed by atoms with Crippen LogP contribution < -0.4 is 0 Å². The van der Waals surface area contributed by atoms with Gasteiger partial charge in [-0.15, -0.1) is 0 Å². The molecule has 2 aromatic rings. The number of nitriles is 1. The first-order valence-electron chi connectivity index (χ1n) is 6.36. The second-order valence-electron chi connectivity index (χ2n) is 4.70. The smallest absolute Gasteiger partial charge is 0.173 e. The Hall–Kier alpha value is -2.41. The molecule has 0 bridgehead atoms. The van der Waals surface area contributed by atoms with Gasteiger partial charge in [0.15, 0.2) is 11.5 Å². The molecule has 0 amide bonds. The number of carbonyl (C=O) groups is 1. The van der Waals surface area contributed by atoms with Crippen molar-refractivity contribution in [1.82, 2.24) is 9.78 Å². The molecule has 4 nitrogen and oxygen atoms in total. The van der Waals surface area contributed by atoms with E-state index in [4.69, 9.17) is 5.26 Å². The normalized spacial score (nSPS) is 13.9. The Labute approximate surface area is 111 Å². The van der Waals surface area contributed by atoms with Gasteiger partial charge in [-0.1, -0.05) is 30.3 Å². The molecule has 0 saturated heterocycles. The fourth-order valence-electron chi connectivity index (χ4n) is 2.55. The van der Waals surface area contributed by atoms with Crippen LogP contribution >= 0.6 is 0 Å². The number of benzene rings is 1. The third kappa shape index (κ3) is 2.04. The molecule has 0 spiro atoms. The highest BCUT2D eigenvalue weighted by molar-refractivity contribution is 5.99. The average Bonchev–Trinajstić information content (AvgIpc) is 2.80. The quantitative estimate of drug-likeness (QED) is 0.823. The van der Waals surface area contributed by atoms with Gasteiger partial charge >= 0.3 is 0 Å². The molecule has 1 aromatic heterocycles. The van der Waals surface area contributed by atoms with Crippen LogP contribution in [-0.2, 0) is 13.0 Å². The van der Waals surface area contributed by atoms with Gasteiger partial charge in [-0.2, -0.15) is 10.4 Å². The summed E-state index contributed by atoms with van der Waals surface area (Å²) < 4.78 is 1.81. The molecule has 0 radical (unpaired) electrons. The van der Waals surface area contributed by atoms with Crippen molar-refractivity contribution >= 4 is 5.78 Å². The minimum absolute atomic E-state index is 0.0529. The second-order valence-corrected chi connectivity index (χ2v) is 4.70. The summed E-state index contributed by atoms with van der Waals surface area (Å²) in [5.74, 6) is 0.0529. The summed E-state index contributed by atoms with van der Waals surface area (Å²) in [6, 6.07) is 12.0. The maximum atomic E-state index is 11.9. The zero-order valence-corrected chi connectivity index (χ0v) is 10.5. The monoisotopic (exact) mass is 251 g/mol. The molecule has 4 heteroatoms. The molecular weight excluding hydrogens is 238 g/mol. The molecule has 1 aromatic carbocycles. The van der Waals surface area contributed by atoms with Crippen molar-refractivity contribution in [2.75, 3.05) is 0 Å². The van der Waals surface area contributed by atoms with E-state index >= 15 is 0 Å². The lowest BCUT2D eigenvalue weighted by Crippen LogP contribution is -2.14. The van der Waals surface area contributed by atoms with Gasteiger partial charge in [-0.05, 0) is 18.4 Å². The van der Waals surface area contributed by atoms with E-state index in [-0.39, 0.29) is 11.5 Å². The van der Waals surface area contributed by atoms with E-state index in [9.17, 15) is 4.79 Å². The van der Waals surface area contributed by atoms with Gasteiger partial charge in [0.2, 0.25) is 0 Å². The molecule has 3 rings (SSSR count). The van der Waals surface area contributed by atoms with E-state index in [1.165, 1.54) is 0 Å². The number of aromatic nitrogens is 2.